The van der Waals surface area contributed by atoms with E-state index in [1.54, 1.807) is 17.9 Å². The molecule has 1 aromatic heterocycles. The van der Waals surface area contributed by atoms with Crippen molar-refractivity contribution in [3.8, 4) is 0 Å². The van der Waals surface area contributed by atoms with Gasteiger partial charge in [0.1, 0.15) is 6.04 Å². The van der Waals surface area contributed by atoms with E-state index in [-0.39, 0.29) is 24.4 Å². The van der Waals surface area contributed by atoms with Gasteiger partial charge in [0.2, 0.25) is 5.91 Å². The van der Waals surface area contributed by atoms with Crippen LogP contribution in [-0.2, 0) is 18.3 Å². The SMILES string of the molecule is CNC(C(=O)NC1CCc2cc(Cl)ccc21)c1cnn(C)c1.Cl. The predicted molar refractivity (Wildman–Crippen MR) is 92.9 cm³/mol. The van der Waals surface area contributed by atoms with Crippen LogP contribution >= 0.6 is 24.0 Å². The molecule has 2 atom stereocenters. The molecule has 1 aliphatic rings. The highest BCUT2D eigenvalue weighted by Crippen LogP contribution is 2.33. The van der Waals surface area contributed by atoms with Crippen LogP contribution in [-0.4, -0.2) is 22.7 Å². The van der Waals surface area contributed by atoms with Gasteiger partial charge in [-0.1, -0.05) is 17.7 Å². The Morgan fingerprint density at radius 1 is 1.48 bits per heavy atom. The van der Waals surface area contributed by atoms with E-state index in [0.29, 0.717) is 0 Å². The highest BCUT2D eigenvalue weighted by molar-refractivity contribution is 6.30. The molecule has 2 N–H and O–H groups in total. The summed E-state index contributed by atoms with van der Waals surface area (Å²) in [5, 5.41) is 11.1. The number of likely N-dealkylation sites (N-methyl/N-ethyl adjacent to an activating group) is 1. The maximum Gasteiger partial charge on any atom is 0.242 e. The first-order valence-corrected chi connectivity index (χ1v) is 7.71. The van der Waals surface area contributed by atoms with Gasteiger partial charge in [-0.05, 0) is 43.1 Å². The van der Waals surface area contributed by atoms with Crippen LogP contribution in [0.15, 0.2) is 30.6 Å². The third-order valence-electron chi connectivity index (χ3n) is 4.11. The Morgan fingerprint density at radius 3 is 2.91 bits per heavy atom. The van der Waals surface area contributed by atoms with Crippen molar-refractivity contribution >= 4 is 29.9 Å². The molecule has 1 aromatic carbocycles. The lowest BCUT2D eigenvalue weighted by atomic mass is 10.1. The fourth-order valence-corrected chi connectivity index (χ4v) is 3.22. The van der Waals surface area contributed by atoms with Crippen LogP contribution in [0, 0.1) is 0 Å². The summed E-state index contributed by atoms with van der Waals surface area (Å²) >= 11 is 6.03. The zero-order chi connectivity index (χ0) is 15.7. The fourth-order valence-electron chi connectivity index (χ4n) is 3.03. The highest BCUT2D eigenvalue weighted by Gasteiger charge is 2.27. The molecule has 0 bridgehead atoms. The number of rotatable bonds is 4. The Labute approximate surface area is 146 Å². The number of hydrogen-bond acceptors (Lipinski definition) is 3. The first kappa shape index (κ1) is 17.8. The monoisotopic (exact) mass is 354 g/mol. The molecular weight excluding hydrogens is 335 g/mol. The third-order valence-corrected chi connectivity index (χ3v) is 4.34. The van der Waals surface area contributed by atoms with Gasteiger partial charge < -0.3 is 10.6 Å². The number of benzene rings is 1. The van der Waals surface area contributed by atoms with E-state index in [1.807, 2.05) is 31.4 Å². The molecule has 0 saturated heterocycles. The number of carbonyl (C=O) groups is 1. The lowest BCUT2D eigenvalue weighted by Crippen LogP contribution is -2.37. The van der Waals surface area contributed by atoms with Gasteiger partial charge in [-0.2, -0.15) is 5.10 Å². The second kappa shape index (κ2) is 7.34. The molecule has 3 rings (SSSR count). The van der Waals surface area contributed by atoms with Crippen LogP contribution in [0.4, 0.5) is 0 Å². The van der Waals surface area contributed by atoms with Crippen LogP contribution in [0.1, 0.15) is 35.2 Å². The minimum Gasteiger partial charge on any atom is -0.348 e. The van der Waals surface area contributed by atoms with Gasteiger partial charge in [0, 0.05) is 23.8 Å². The topological polar surface area (TPSA) is 59.0 Å². The number of aromatic nitrogens is 2. The summed E-state index contributed by atoms with van der Waals surface area (Å²) in [6.07, 6.45) is 5.41. The van der Waals surface area contributed by atoms with Crippen LogP contribution in [0.25, 0.3) is 0 Å². The Morgan fingerprint density at radius 2 is 2.26 bits per heavy atom. The summed E-state index contributed by atoms with van der Waals surface area (Å²) in [6, 6.07) is 5.52. The van der Waals surface area contributed by atoms with Crippen LogP contribution in [0.2, 0.25) is 5.02 Å². The number of carbonyl (C=O) groups excluding carboxylic acids is 1. The van der Waals surface area contributed by atoms with E-state index >= 15 is 0 Å². The summed E-state index contributed by atoms with van der Waals surface area (Å²) in [4.78, 5) is 12.6. The number of amides is 1. The van der Waals surface area contributed by atoms with Crippen molar-refractivity contribution < 1.29 is 4.79 Å². The molecule has 1 aliphatic carbocycles. The summed E-state index contributed by atoms with van der Waals surface area (Å²) in [5.41, 5.74) is 3.25. The van der Waals surface area contributed by atoms with Crippen molar-refractivity contribution in [1.29, 1.82) is 0 Å². The van der Waals surface area contributed by atoms with Crippen molar-refractivity contribution in [2.45, 2.75) is 24.9 Å². The normalized spacial score (nSPS) is 17.3. The molecule has 0 spiro atoms. The van der Waals surface area contributed by atoms with Gasteiger partial charge in [-0.15, -0.1) is 12.4 Å². The fraction of sp³-hybridized carbons (Fsp3) is 0.375. The van der Waals surface area contributed by atoms with Crippen molar-refractivity contribution in [2.75, 3.05) is 7.05 Å². The van der Waals surface area contributed by atoms with Gasteiger partial charge in [-0.25, -0.2) is 0 Å². The van der Waals surface area contributed by atoms with Crippen LogP contribution in [0.3, 0.4) is 0 Å². The lowest BCUT2D eigenvalue weighted by Gasteiger charge is -2.19. The van der Waals surface area contributed by atoms with Gasteiger partial charge >= 0.3 is 0 Å². The minimum atomic E-state index is -0.398. The average molecular weight is 355 g/mol. The number of halogens is 2. The Bertz CT molecular complexity index is 701. The molecule has 124 valence electrons. The van der Waals surface area contributed by atoms with E-state index in [9.17, 15) is 4.79 Å². The zero-order valence-electron chi connectivity index (χ0n) is 13.0. The third kappa shape index (κ3) is 3.68. The van der Waals surface area contributed by atoms with Crippen LogP contribution < -0.4 is 10.6 Å². The first-order valence-electron chi connectivity index (χ1n) is 7.33. The minimum absolute atomic E-state index is 0. The standard InChI is InChI=1S/C16H19ClN4O.ClH/c1-18-15(11-8-19-21(2)9-11)16(22)20-14-6-3-10-7-12(17)4-5-13(10)14;/h4-5,7-9,14-15,18H,3,6H2,1-2H3,(H,20,22);1H. The summed E-state index contributed by atoms with van der Waals surface area (Å²) in [7, 11) is 3.62. The molecule has 0 saturated carbocycles. The van der Waals surface area contributed by atoms with E-state index < -0.39 is 6.04 Å². The molecule has 0 fully saturated rings. The molecule has 2 aromatic rings. The van der Waals surface area contributed by atoms with E-state index in [0.717, 1.165) is 23.4 Å². The van der Waals surface area contributed by atoms with Gasteiger partial charge in [0.15, 0.2) is 0 Å². The molecule has 0 aliphatic heterocycles. The van der Waals surface area contributed by atoms with Gasteiger partial charge in [0.25, 0.3) is 0 Å². The lowest BCUT2D eigenvalue weighted by molar-refractivity contribution is -0.123. The van der Waals surface area contributed by atoms with Crippen molar-refractivity contribution in [1.82, 2.24) is 20.4 Å². The quantitative estimate of drug-likeness (QED) is 0.886. The molecule has 23 heavy (non-hydrogen) atoms. The number of nitrogens with one attached hydrogen (secondary N) is 2. The van der Waals surface area contributed by atoms with E-state index in [1.165, 1.54) is 11.1 Å². The molecule has 1 amide bonds. The van der Waals surface area contributed by atoms with Crippen molar-refractivity contribution in [3.63, 3.8) is 0 Å². The largest absolute Gasteiger partial charge is 0.348 e. The molecule has 7 heteroatoms. The number of nitrogens with zero attached hydrogens (tertiary/aromatic N) is 2. The zero-order valence-corrected chi connectivity index (χ0v) is 14.6. The molecular formula is C16H20Cl2N4O. The second-order valence-corrected chi connectivity index (χ2v) is 6.05. The second-order valence-electron chi connectivity index (χ2n) is 5.61. The van der Waals surface area contributed by atoms with E-state index in [2.05, 4.69) is 15.7 Å². The molecule has 1 heterocycles. The predicted octanol–water partition coefficient (Wildman–Crippen LogP) is 2.56. The van der Waals surface area contributed by atoms with Crippen molar-refractivity contribution in [2.24, 2.45) is 7.05 Å². The summed E-state index contributed by atoms with van der Waals surface area (Å²) in [6.45, 7) is 0. The molecule has 2 unspecified atom stereocenters. The number of hydrogen-bond donors (Lipinski definition) is 2. The highest BCUT2D eigenvalue weighted by atomic mass is 35.5. The number of aryl methyl sites for hydroxylation is 2. The maximum atomic E-state index is 12.6. The Balaban J connectivity index is 0.00000192. The Kier molecular flexibility index (Phi) is 5.68. The maximum absolute atomic E-state index is 12.6. The molecule has 0 radical (unpaired) electrons. The smallest absolute Gasteiger partial charge is 0.242 e. The van der Waals surface area contributed by atoms with E-state index in [4.69, 9.17) is 11.6 Å². The molecule has 5 nitrogen and oxygen atoms in total. The van der Waals surface area contributed by atoms with Gasteiger partial charge in [-0.3, -0.25) is 9.48 Å². The first-order chi connectivity index (χ1) is 10.6. The van der Waals surface area contributed by atoms with Gasteiger partial charge in [0.05, 0.1) is 12.2 Å². The van der Waals surface area contributed by atoms with Crippen LogP contribution in [0.5, 0.6) is 0 Å². The number of fused-ring (bicyclic) bond motifs is 1. The summed E-state index contributed by atoms with van der Waals surface area (Å²) in [5.74, 6) is -0.0386. The summed E-state index contributed by atoms with van der Waals surface area (Å²) < 4.78 is 1.69. The Hall–Kier alpha value is -1.56. The van der Waals surface area contributed by atoms with Crippen molar-refractivity contribution in [3.05, 3.63) is 52.3 Å². The average Bonchev–Trinajstić information content (AvgIpc) is 3.07.